The highest BCUT2D eigenvalue weighted by molar-refractivity contribution is 5.91. The van der Waals surface area contributed by atoms with E-state index in [1.54, 1.807) is 6.20 Å². The minimum absolute atomic E-state index is 0.0295. The molecule has 0 fully saturated rings. The molecule has 0 radical (unpaired) electrons. The Hall–Kier alpha value is -2.37. The van der Waals surface area contributed by atoms with Gasteiger partial charge in [0.05, 0.1) is 11.9 Å². The van der Waals surface area contributed by atoms with E-state index in [-0.39, 0.29) is 12.5 Å². The van der Waals surface area contributed by atoms with Gasteiger partial charge in [-0.25, -0.2) is 4.98 Å². The van der Waals surface area contributed by atoms with E-state index in [2.05, 4.69) is 19.9 Å². The van der Waals surface area contributed by atoms with E-state index in [1.165, 1.54) is 0 Å². The van der Waals surface area contributed by atoms with Gasteiger partial charge in [0.2, 0.25) is 0 Å². The maximum atomic E-state index is 12.1. The molecule has 1 aliphatic rings. The number of hydrogen-bond acceptors (Lipinski definition) is 4. The van der Waals surface area contributed by atoms with Crippen molar-refractivity contribution in [3.8, 4) is 5.75 Å². The van der Waals surface area contributed by atoms with Gasteiger partial charge in [0.25, 0.3) is 5.91 Å². The Morgan fingerprint density at radius 2 is 2.26 bits per heavy atom. The molecule has 6 heteroatoms. The quantitative estimate of drug-likeness (QED) is 0.920. The Balaban J connectivity index is 1.61. The molecule has 2 aromatic heterocycles. The Labute approximate surface area is 135 Å². The van der Waals surface area contributed by atoms with Crippen molar-refractivity contribution in [2.75, 3.05) is 11.9 Å². The lowest BCUT2D eigenvalue weighted by atomic mass is 10.2. The number of rotatable bonds is 5. The number of carbonyl (C=O) groups is 1. The Kier molecular flexibility index (Phi) is 4.60. The second-order valence-electron chi connectivity index (χ2n) is 5.76. The molecule has 0 spiro atoms. The summed E-state index contributed by atoms with van der Waals surface area (Å²) in [7, 11) is 0. The number of aryl methyl sites for hydroxylation is 3. The van der Waals surface area contributed by atoms with Crippen molar-refractivity contribution in [3.05, 3.63) is 35.5 Å². The monoisotopic (exact) mass is 314 g/mol. The molecular formula is C17H22N4O2. The zero-order valence-electron chi connectivity index (χ0n) is 13.6. The number of nitrogens with zero attached hydrogens (tertiary/aromatic N) is 3. The van der Waals surface area contributed by atoms with Crippen LogP contribution in [0, 0.1) is 6.92 Å². The number of ether oxygens (including phenoxy) is 1. The Bertz CT molecular complexity index is 709. The molecule has 1 N–H and O–H groups in total. The summed E-state index contributed by atoms with van der Waals surface area (Å²) < 4.78 is 7.71. The first-order valence-corrected chi connectivity index (χ1v) is 8.11. The molecule has 0 bridgehead atoms. The highest BCUT2D eigenvalue weighted by Gasteiger charge is 2.16. The molecule has 0 atom stereocenters. The van der Waals surface area contributed by atoms with E-state index in [4.69, 9.17) is 4.74 Å². The van der Waals surface area contributed by atoms with E-state index in [0.29, 0.717) is 5.75 Å². The predicted molar refractivity (Wildman–Crippen MR) is 87.6 cm³/mol. The fourth-order valence-corrected chi connectivity index (χ4v) is 2.82. The second kappa shape index (κ2) is 6.81. The van der Waals surface area contributed by atoms with Crippen molar-refractivity contribution in [1.29, 1.82) is 0 Å². The van der Waals surface area contributed by atoms with Crippen LogP contribution in [0.5, 0.6) is 5.75 Å². The topological polar surface area (TPSA) is 69.0 Å². The van der Waals surface area contributed by atoms with Gasteiger partial charge >= 0.3 is 0 Å². The number of nitrogens with one attached hydrogen (secondary N) is 1. The number of imidazole rings is 1. The van der Waals surface area contributed by atoms with E-state index >= 15 is 0 Å². The molecule has 23 heavy (non-hydrogen) atoms. The maximum absolute atomic E-state index is 12.1. The molecule has 3 rings (SSSR count). The minimum atomic E-state index is -0.180. The predicted octanol–water partition coefficient (Wildman–Crippen LogP) is 2.50. The molecule has 0 aromatic carbocycles. The van der Waals surface area contributed by atoms with Gasteiger partial charge in [0.15, 0.2) is 6.61 Å². The summed E-state index contributed by atoms with van der Waals surface area (Å²) in [5.74, 6) is 2.29. The van der Waals surface area contributed by atoms with Crippen LogP contribution >= 0.6 is 0 Å². The number of carbonyl (C=O) groups excluding carboxylic acids is 1. The van der Waals surface area contributed by atoms with Crippen LogP contribution in [0.25, 0.3) is 0 Å². The fourth-order valence-electron chi connectivity index (χ4n) is 2.82. The number of anilines is 1. The van der Waals surface area contributed by atoms with Gasteiger partial charge in [0.1, 0.15) is 17.4 Å². The second-order valence-corrected chi connectivity index (χ2v) is 5.76. The van der Waals surface area contributed by atoms with Crippen molar-refractivity contribution >= 4 is 11.7 Å². The highest BCUT2D eigenvalue weighted by atomic mass is 16.5. The lowest BCUT2D eigenvalue weighted by molar-refractivity contribution is -0.118. The van der Waals surface area contributed by atoms with Crippen LogP contribution in [-0.4, -0.2) is 27.0 Å². The van der Waals surface area contributed by atoms with E-state index in [0.717, 1.165) is 55.3 Å². The number of hydrogen-bond donors (Lipinski definition) is 1. The van der Waals surface area contributed by atoms with Crippen molar-refractivity contribution < 1.29 is 9.53 Å². The van der Waals surface area contributed by atoms with Crippen LogP contribution in [0.3, 0.4) is 0 Å². The van der Waals surface area contributed by atoms with Crippen LogP contribution < -0.4 is 10.1 Å². The molecule has 3 heterocycles. The molecule has 1 amide bonds. The summed E-state index contributed by atoms with van der Waals surface area (Å²) in [6.07, 6.45) is 5.75. The van der Waals surface area contributed by atoms with Crippen LogP contribution in [0.2, 0.25) is 0 Å². The molecule has 1 aliphatic heterocycles. The van der Waals surface area contributed by atoms with Gasteiger partial charge in [0, 0.05) is 18.7 Å². The Morgan fingerprint density at radius 1 is 1.39 bits per heavy atom. The average Bonchev–Trinajstić information content (AvgIpc) is 2.97. The number of pyridine rings is 1. The minimum Gasteiger partial charge on any atom is -0.482 e. The van der Waals surface area contributed by atoms with Crippen molar-refractivity contribution in [1.82, 2.24) is 14.5 Å². The molecule has 0 saturated carbocycles. The molecule has 0 unspecified atom stereocenters. The lowest BCUT2D eigenvalue weighted by Crippen LogP contribution is -2.23. The maximum Gasteiger partial charge on any atom is 0.263 e. The molecule has 2 aromatic rings. The van der Waals surface area contributed by atoms with Crippen molar-refractivity contribution in [3.63, 3.8) is 0 Å². The normalized spacial score (nSPS) is 13.5. The molecular weight excluding hydrogens is 292 g/mol. The summed E-state index contributed by atoms with van der Waals surface area (Å²) >= 11 is 0. The standard InChI is InChI=1S/C17H22N4O2/c1-3-13-14(8-7-12(2)19-13)23-11-17(22)20-16-10-18-15-6-4-5-9-21(15)16/h7-8,10H,3-6,9,11H2,1-2H3,(H,20,22). The third kappa shape index (κ3) is 3.52. The first kappa shape index (κ1) is 15.5. The SMILES string of the molecule is CCc1nc(C)ccc1OCC(=O)Nc1cnc2n1CCCC2. The summed E-state index contributed by atoms with van der Waals surface area (Å²) in [5, 5.41) is 2.89. The fraction of sp³-hybridized carbons (Fsp3) is 0.471. The van der Waals surface area contributed by atoms with Crippen molar-refractivity contribution in [2.45, 2.75) is 46.1 Å². The van der Waals surface area contributed by atoms with Gasteiger partial charge in [-0.15, -0.1) is 0 Å². The first-order valence-electron chi connectivity index (χ1n) is 8.11. The van der Waals surface area contributed by atoms with Crippen LogP contribution in [0.4, 0.5) is 5.82 Å². The summed E-state index contributed by atoms with van der Waals surface area (Å²) in [4.78, 5) is 20.9. The molecule has 6 nitrogen and oxygen atoms in total. The smallest absolute Gasteiger partial charge is 0.263 e. The Morgan fingerprint density at radius 3 is 3.09 bits per heavy atom. The molecule has 0 aliphatic carbocycles. The van der Waals surface area contributed by atoms with Crippen molar-refractivity contribution in [2.24, 2.45) is 0 Å². The number of fused-ring (bicyclic) bond motifs is 1. The third-order valence-corrected chi connectivity index (χ3v) is 4.00. The van der Waals surface area contributed by atoms with Gasteiger partial charge in [-0.2, -0.15) is 0 Å². The largest absolute Gasteiger partial charge is 0.482 e. The zero-order chi connectivity index (χ0) is 16.2. The van der Waals surface area contributed by atoms with Crippen LogP contribution in [0.15, 0.2) is 18.3 Å². The van der Waals surface area contributed by atoms with Gasteiger partial charge in [-0.05, 0) is 38.3 Å². The number of amides is 1. The van der Waals surface area contributed by atoms with Gasteiger partial charge in [-0.1, -0.05) is 6.92 Å². The summed E-state index contributed by atoms with van der Waals surface area (Å²) in [6.45, 7) is 4.84. The van der Waals surface area contributed by atoms with Crippen LogP contribution in [-0.2, 0) is 24.2 Å². The van der Waals surface area contributed by atoms with Crippen LogP contribution in [0.1, 0.15) is 37.0 Å². The van der Waals surface area contributed by atoms with Gasteiger partial charge in [-0.3, -0.25) is 9.78 Å². The van der Waals surface area contributed by atoms with Gasteiger partial charge < -0.3 is 14.6 Å². The van der Waals surface area contributed by atoms with E-state index in [1.807, 2.05) is 26.0 Å². The highest BCUT2D eigenvalue weighted by Crippen LogP contribution is 2.20. The first-order chi connectivity index (χ1) is 11.2. The summed E-state index contributed by atoms with van der Waals surface area (Å²) in [6, 6.07) is 3.76. The average molecular weight is 314 g/mol. The van der Waals surface area contributed by atoms with E-state index in [9.17, 15) is 4.79 Å². The zero-order valence-corrected chi connectivity index (χ0v) is 13.6. The molecule has 0 saturated heterocycles. The lowest BCUT2D eigenvalue weighted by Gasteiger charge is -2.16. The molecule has 122 valence electrons. The number of aromatic nitrogens is 3. The third-order valence-electron chi connectivity index (χ3n) is 4.00. The summed E-state index contributed by atoms with van der Waals surface area (Å²) in [5.41, 5.74) is 1.82. The van der Waals surface area contributed by atoms with E-state index < -0.39 is 0 Å².